The van der Waals surface area contributed by atoms with E-state index in [1.807, 2.05) is 11.4 Å². The smallest absolute Gasteiger partial charge is 0.321 e. The molecule has 20 heavy (non-hydrogen) atoms. The van der Waals surface area contributed by atoms with E-state index in [9.17, 15) is 4.79 Å². The normalized spacial score (nSPS) is 17.4. The molecule has 7 heteroatoms. The van der Waals surface area contributed by atoms with Gasteiger partial charge in [0.2, 0.25) is 0 Å². The zero-order valence-electron chi connectivity index (χ0n) is 11.4. The summed E-state index contributed by atoms with van der Waals surface area (Å²) in [6.45, 7) is 5.40. The van der Waals surface area contributed by atoms with E-state index in [1.54, 1.807) is 11.3 Å². The van der Waals surface area contributed by atoms with Gasteiger partial charge in [0.1, 0.15) is 4.01 Å². The van der Waals surface area contributed by atoms with E-state index in [1.165, 1.54) is 11.3 Å². The molecule has 2 aromatic heterocycles. The summed E-state index contributed by atoms with van der Waals surface area (Å²) in [5.74, 6) is 0. The Balaban J connectivity index is 1.51. The predicted molar refractivity (Wildman–Crippen MR) is 84.8 cm³/mol. The van der Waals surface area contributed by atoms with Gasteiger partial charge in [0.05, 0.1) is 5.52 Å². The first-order valence-electron chi connectivity index (χ1n) is 6.88. The number of nitrogens with zero attached hydrogens (tertiary/aromatic N) is 2. The average molecular weight is 310 g/mol. The SMILES string of the molecule is CCN1CCC(NC(=O)Nc2nc3ccsc3s2)CC1. The van der Waals surface area contributed by atoms with Crippen molar-refractivity contribution in [3.8, 4) is 0 Å². The van der Waals surface area contributed by atoms with Crippen molar-refractivity contribution in [3.63, 3.8) is 0 Å². The number of anilines is 1. The summed E-state index contributed by atoms with van der Waals surface area (Å²) in [6, 6.07) is 2.11. The second-order valence-corrected chi connectivity index (χ2v) is 7.09. The van der Waals surface area contributed by atoms with Crippen LogP contribution in [0.25, 0.3) is 9.53 Å². The van der Waals surface area contributed by atoms with Crippen LogP contribution in [0.1, 0.15) is 19.8 Å². The molecule has 1 fully saturated rings. The molecule has 0 bridgehead atoms. The lowest BCUT2D eigenvalue weighted by Crippen LogP contribution is -2.45. The zero-order chi connectivity index (χ0) is 13.9. The first-order chi connectivity index (χ1) is 9.74. The number of nitrogens with one attached hydrogen (secondary N) is 2. The lowest BCUT2D eigenvalue weighted by Gasteiger charge is -2.31. The number of amides is 2. The third-order valence-corrected chi connectivity index (χ3v) is 5.63. The fraction of sp³-hybridized carbons (Fsp3) is 0.538. The molecule has 0 aromatic carbocycles. The maximum atomic E-state index is 12.0. The van der Waals surface area contributed by atoms with Gasteiger partial charge >= 0.3 is 6.03 Å². The van der Waals surface area contributed by atoms with Crippen LogP contribution in [-0.2, 0) is 0 Å². The van der Waals surface area contributed by atoms with Crippen LogP contribution in [0.3, 0.4) is 0 Å². The molecular weight excluding hydrogens is 292 g/mol. The third-order valence-electron chi connectivity index (χ3n) is 3.61. The van der Waals surface area contributed by atoms with Crippen LogP contribution in [0.15, 0.2) is 11.4 Å². The highest BCUT2D eigenvalue weighted by atomic mass is 32.2. The Hall–Kier alpha value is -1.18. The number of aromatic nitrogens is 1. The molecule has 0 atom stereocenters. The molecule has 2 amide bonds. The number of hydrogen-bond donors (Lipinski definition) is 2. The minimum Gasteiger partial charge on any atom is -0.335 e. The molecule has 1 aliphatic heterocycles. The summed E-state index contributed by atoms with van der Waals surface area (Å²) in [6.07, 6.45) is 2.04. The van der Waals surface area contributed by atoms with Crippen LogP contribution in [-0.4, -0.2) is 41.6 Å². The molecular formula is C13H18N4OS2. The molecule has 0 radical (unpaired) electrons. The highest BCUT2D eigenvalue weighted by molar-refractivity contribution is 7.39. The van der Waals surface area contributed by atoms with Crippen molar-refractivity contribution in [3.05, 3.63) is 11.4 Å². The highest BCUT2D eigenvalue weighted by Crippen LogP contribution is 2.30. The van der Waals surface area contributed by atoms with E-state index in [-0.39, 0.29) is 12.1 Å². The lowest BCUT2D eigenvalue weighted by molar-refractivity contribution is 0.203. The first-order valence-corrected chi connectivity index (χ1v) is 8.58. The van der Waals surface area contributed by atoms with E-state index in [2.05, 4.69) is 27.4 Å². The van der Waals surface area contributed by atoms with Crippen molar-refractivity contribution in [2.24, 2.45) is 0 Å². The van der Waals surface area contributed by atoms with E-state index in [0.717, 1.165) is 42.0 Å². The Morgan fingerprint density at radius 1 is 1.50 bits per heavy atom. The van der Waals surface area contributed by atoms with Crippen LogP contribution >= 0.6 is 22.7 Å². The molecule has 3 rings (SSSR count). The van der Waals surface area contributed by atoms with E-state index in [0.29, 0.717) is 5.13 Å². The summed E-state index contributed by atoms with van der Waals surface area (Å²) in [4.78, 5) is 18.8. The second kappa shape index (κ2) is 6.07. The van der Waals surface area contributed by atoms with Gasteiger partial charge in [-0.05, 0) is 30.8 Å². The number of likely N-dealkylation sites (tertiary alicyclic amines) is 1. The van der Waals surface area contributed by atoms with Crippen molar-refractivity contribution in [1.29, 1.82) is 0 Å². The minimum atomic E-state index is -0.138. The number of urea groups is 1. The largest absolute Gasteiger partial charge is 0.335 e. The summed E-state index contributed by atoms with van der Waals surface area (Å²) in [5, 5.41) is 8.57. The van der Waals surface area contributed by atoms with Crippen LogP contribution in [0.4, 0.5) is 9.93 Å². The number of fused-ring (bicyclic) bond motifs is 1. The summed E-state index contributed by atoms with van der Waals surface area (Å²) < 4.78 is 1.15. The van der Waals surface area contributed by atoms with Gasteiger partial charge in [-0.25, -0.2) is 9.78 Å². The number of carbonyl (C=O) groups excluding carboxylic acids is 1. The number of thiophene rings is 1. The van der Waals surface area contributed by atoms with Gasteiger partial charge in [0, 0.05) is 19.1 Å². The van der Waals surface area contributed by atoms with Crippen molar-refractivity contribution in [2.45, 2.75) is 25.8 Å². The Bertz CT molecular complexity index is 557. The fourth-order valence-corrected chi connectivity index (χ4v) is 4.27. The standard InChI is InChI=1S/C13H18N4OS2/c1-2-17-6-3-9(4-7-17)14-12(18)16-13-15-10-5-8-19-11(10)20-13/h5,8-9H,2-4,6-7H2,1H3,(H2,14,15,16,18). The summed E-state index contributed by atoms with van der Waals surface area (Å²) >= 11 is 3.18. The number of hydrogen-bond acceptors (Lipinski definition) is 5. The molecule has 0 unspecified atom stereocenters. The average Bonchev–Trinajstić information content (AvgIpc) is 3.00. The van der Waals surface area contributed by atoms with E-state index < -0.39 is 0 Å². The van der Waals surface area contributed by atoms with E-state index in [4.69, 9.17) is 0 Å². The molecule has 0 saturated carbocycles. The van der Waals surface area contributed by atoms with Gasteiger partial charge in [0.25, 0.3) is 0 Å². The quantitative estimate of drug-likeness (QED) is 0.916. The number of carbonyl (C=O) groups is 1. The Kier molecular flexibility index (Phi) is 4.18. The van der Waals surface area contributed by atoms with Crippen molar-refractivity contribution in [1.82, 2.24) is 15.2 Å². The molecule has 1 aliphatic rings. The van der Waals surface area contributed by atoms with Crippen molar-refractivity contribution < 1.29 is 4.79 Å². The number of thiazole rings is 1. The van der Waals surface area contributed by atoms with Gasteiger partial charge in [-0.1, -0.05) is 18.3 Å². The molecule has 5 nitrogen and oxygen atoms in total. The molecule has 108 valence electrons. The Labute approximate surface area is 126 Å². The number of rotatable bonds is 3. The Morgan fingerprint density at radius 3 is 3.00 bits per heavy atom. The predicted octanol–water partition coefficient (Wildman–Crippen LogP) is 2.96. The maximum absolute atomic E-state index is 12.0. The molecule has 0 spiro atoms. The molecule has 2 N–H and O–H groups in total. The Morgan fingerprint density at radius 2 is 2.30 bits per heavy atom. The molecule has 3 heterocycles. The second-order valence-electron chi connectivity index (χ2n) is 4.92. The van der Waals surface area contributed by atoms with Crippen molar-refractivity contribution in [2.75, 3.05) is 25.0 Å². The highest BCUT2D eigenvalue weighted by Gasteiger charge is 2.20. The first kappa shape index (κ1) is 13.8. The van der Waals surface area contributed by atoms with Gasteiger partial charge in [-0.2, -0.15) is 0 Å². The van der Waals surface area contributed by atoms with Crippen LogP contribution in [0.5, 0.6) is 0 Å². The molecule has 1 saturated heterocycles. The molecule has 0 aliphatic carbocycles. The monoisotopic (exact) mass is 310 g/mol. The van der Waals surface area contributed by atoms with Gasteiger partial charge in [0.15, 0.2) is 5.13 Å². The van der Waals surface area contributed by atoms with Crippen LogP contribution < -0.4 is 10.6 Å². The van der Waals surface area contributed by atoms with Crippen molar-refractivity contribution >= 4 is 43.4 Å². The minimum absolute atomic E-state index is 0.138. The lowest BCUT2D eigenvalue weighted by atomic mass is 10.1. The maximum Gasteiger partial charge on any atom is 0.321 e. The molecule has 2 aromatic rings. The third kappa shape index (κ3) is 3.11. The summed E-state index contributed by atoms with van der Waals surface area (Å²) in [7, 11) is 0. The van der Waals surface area contributed by atoms with Gasteiger partial charge < -0.3 is 10.2 Å². The van der Waals surface area contributed by atoms with Gasteiger partial charge in [-0.3, -0.25) is 5.32 Å². The van der Waals surface area contributed by atoms with Crippen LogP contribution in [0, 0.1) is 0 Å². The summed E-state index contributed by atoms with van der Waals surface area (Å²) in [5.41, 5.74) is 0.964. The van der Waals surface area contributed by atoms with E-state index >= 15 is 0 Å². The number of piperidine rings is 1. The fourth-order valence-electron chi connectivity index (χ4n) is 2.43. The topological polar surface area (TPSA) is 57.3 Å². The van der Waals surface area contributed by atoms with Crippen LogP contribution in [0.2, 0.25) is 0 Å². The van der Waals surface area contributed by atoms with Gasteiger partial charge in [-0.15, -0.1) is 11.3 Å². The zero-order valence-corrected chi connectivity index (χ0v) is 13.0.